The number of hydrogen-bond acceptors (Lipinski definition) is 3. The van der Waals surface area contributed by atoms with Gasteiger partial charge in [-0.25, -0.2) is 14.0 Å². The van der Waals surface area contributed by atoms with E-state index in [9.17, 15) is 14.0 Å². The Bertz CT molecular complexity index is 450. The minimum absolute atomic E-state index is 0.0256. The molecule has 6 nitrogen and oxygen atoms in total. The SMILES string of the molecule is CN(C(=O)NCC[C@H](O)C(=O)O)c1ccc(F)cc1. The number of halogens is 1. The molecule has 1 rings (SSSR count). The summed E-state index contributed by atoms with van der Waals surface area (Å²) in [6, 6.07) is 4.88. The lowest BCUT2D eigenvalue weighted by atomic mass is 10.2. The van der Waals surface area contributed by atoms with Crippen LogP contribution in [0.2, 0.25) is 0 Å². The van der Waals surface area contributed by atoms with E-state index in [4.69, 9.17) is 10.2 Å². The normalized spacial score (nSPS) is 11.7. The third kappa shape index (κ3) is 4.55. The molecule has 1 atom stereocenters. The molecule has 0 heterocycles. The number of rotatable bonds is 5. The van der Waals surface area contributed by atoms with Gasteiger partial charge in [-0.3, -0.25) is 4.90 Å². The predicted molar refractivity (Wildman–Crippen MR) is 66.5 cm³/mol. The van der Waals surface area contributed by atoms with Crippen LogP contribution in [0.1, 0.15) is 6.42 Å². The number of nitrogens with one attached hydrogen (secondary N) is 1. The number of anilines is 1. The van der Waals surface area contributed by atoms with Crippen LogP contribution >= 0.6 is 0 Å². The lowest BCUT2D eigenvalue weighted by Gasteiger charge is -2.18. The molecule has 0 aliphatic carbocycles. The summed E-state index contributed by atoms with van der Waals surface area (Å²) < 4.78 is 12.7. The number of urea groups is 1. The molecule has 0 bridgehead atoms. The van der Waals surface area contributed by atoms with Gasteiger partial charge in [-0.05, 0) is 24.3 Å². The van der Waals surface area contributed by atoms with Crippen LogP contribution in [0.5, 0.6) is 0 Å². The van der Waals surface area contributed by atoms with Crippen molar-refractivity contribution in [2.24, 2.45) is 0 Å². The Morgan fingerprint density at radius 1 is 1.37 bits per heavy atom. The molecule has 3 N–H and O–H groups in total. The van der Waals surface area contributed by atoms with Crippen LogP contribution in [0.15, 0.2) is 24.3 Å². The van der Waals surface area contributed by atoms with Gasteiger partial charge in [0.15, 0.2) is 6.10 Å². The summed E-state index contributed by atoms with van der Waals surface area (Å²) in [6.07, 6.45) is -1.59. The van der Waals surface area contributed by atoms with Gasteiger partial charge in [0.1, 0.15) is 5.82 Å². The average molecular weight is 270 g/mol. The number of benzene rings is 1. The Morgan fingerprint density at radius 2 is 1.95 bits per heavy atom. The van der Waals surface area contributed by atoms with E-state index in [1.165, 1.54) is 36.2 Å². The molecule has 0 fully saturated rings. The van der Waals surface area contributed by atoms with Gasteiger partial charge in [-0.2, -0.15) is 0 Å². The van der Waals surface area contributed by atoms with Crippen molar-refractivity contribution >= 4 is 17.7 Å². The van der Waals surface area contributed by atoms with Crippen LogP contribution in [0.3, 0.4) is 0 Å². The number of carboxylic acids is 1. The molecule has 104 valence electrons. The van der Waals surface area contributed by atoms with Crippen molar-refractivity contribution < 1.29 is 24.2 Å². The highest BCUT2D eigenvalue weighted by atomic mass is 19.1. The van der Waals surface area contributed by atoms with Crippen LogP contribution in [0, 0.1) is 5.82 Å². The molecule has 0 aromatic heterocycles. The maximum absolute atomic E-state index is 12.7. The van der Waals surface area contributed by atoms with Gasteiger partial charge in [-0.1, -0.05) is 0 Å². The first-order valence-corrected chi connectivity index (χ1v) is 5.60. The first-order valence-electron chi connectivity index (χ1n) is 5.60. The summed E-state index contributed by atoms with van der Waals surface area (Å²) in [7, 11) is 1.50. The Hall–Kier alpha value is -2.15. The number of carbonyl (C=O) groups excluding carboxylic acids is 1. The molecule has 0 aliphatic heterocycles. The predicted octanol–water partition coefficient (Wildman–Crippen LogP) is 0.807. The highest BCUT2D eigenvalue weighted by Crippen LogP contribution is 2.12. The fourth-order valence-electron chi connectivity index (χ4n) is 1.34. The lowest BCUT2D eigenvalue weighted by molar-refractivity contribution is -0.146. The van der Waals surface area contributed by atoms with Gasteiger partial charge in [0, 0.05) is 25.7 Å². The third-order valence-corrected chi connectivity index (χ3v) is 2.50. The summed E-state index contributed by atoms with van der Waals surface area (Å²) in [5.74, 6) is -1.73. The fraction of sp³-hybridized carbons (Fsp3) is 0.333. The van der Waals surface area contributed by atoms with E-state index in [1.807, 2.05) is 0 Å². The van der Waals surface area contributed by atoms with Gasteiger partial charge in [0.2, 0.25) is 0 Å². The van der Waals surface area contributed by atoms with Crippen LogP contribution in [-0.2, 0) is 4.79 Å². The molecule has 0 spiro atoms. The molecule has 19 heavy (non-hydrogen) atoms. The molecule has 1 aromatic rings. The number of amides is 2. The fourth-order valence-corrected chi connectivity index (χ4v) is 1.34. The van der Waals surface area contributed by atoms with Gasteiger partial charge >= 0.3 is 12.0 Å². The van der Waals surface area contributed by atoms with E-state index >= 15 is 0 Å². The number of nitrogens with zero attached hydrogens (tertiary/aromatic N) is 1. The maximum Gasteiger partial charge on any atom is 0.332 e. The second-order valence-corrected chi connectivity index (χ2v) is 3.91. The van der Waals surface area contributed by atoms with Crippen molar-refractivity contribution in [2.45, 2.75) is 12.5 Å². The third-order valence-electron chi connectivity index (χ3n) is 2.50. The van der Waals surface area contributed by atoms with Gasteiger partial charge in [0.25, 0.3) is 0 Å². The summed E-state index contributed by atoms with van der Waals surface area (Å²) in [5, 5.41) is 19.9. The van der Waals surface area contributed by atoms with Crippen molar-refractivity contribution in [2.75, 3.05) is 18.5 Å². The highest BCUT2D eigenvalue weighted by Gasteiger charge is 2.14. The molecule has 0 radical (unpaired) electrons. The number of aliphatic carboxylic acids is 1. The second kappa shape index (κ2) is 6.69. The highest BCUT2D eigenvalue weighted by molar-refractivity contribution is 5.91. The molecule has 2 amide bonds. The number of carbonyl (C=O) groups is 2. The van der Waals surface area contributed by atoms with E-state index in [0.29, 0.717) is 5.69 Å². The van der Waals surface area contributed by atoms with Crippen LogP contribution < -0.4 is 10.2 Å². The molecular formula is C12H15FN2O4. The van der Waals surface area contributed by atoms with Crippen LogP contribution in [-0.4, -0.2) is 41.9 Å². The molecular weight excluding hydrogens is 255 g/mol. The standard InChI is InChI=1S/C12H15FN2O4/c1-15(9-4-2-8(13)3-5-9)12(19)14-7-6-10(16)11(17)18/h2-5,10,16H,6-7H2,1H3,(H,14,19)(H,17,18)/t10-/m0/s1. The molecule has 7 heteroatoms. The lowest BCUT2D eigenvalue weighted by Crippen LogP contribution is -2.39. The van der Waals surface area contributed by atoms with E-state index in [2.05, 4.69) is 5.32 Å². The molecule has 0 aliphatic rings. The minimum Gasteiger partial charge on any atom is -0.479 e. The van der Waals surface area contributed by atoms with Crippen LogP contribution in [0.4, 0.5) is 14.9 Å². The number of hydrogen-bond donors (Lipinski definition) is 3. The average Bonchev–Trinajstić information content (AvgIpc) is 2.38. The van der Waals surface area contributed by atoms with Crippen molar-refractivity contribution in [3.8, 4) is 0 Å². The zero-order chi connectivity index (χ0) is 14.4. The number of aliphatic hydroxyl groups excluding tert-OH is 1. The summed E-state index contributed by atoms with van der Waals surface area (Å²) in [5.41, 5.74) is 0.498. The van der Waals surface area contributed by atoms with E-state index in [0.717, 1.165) is 0 Å². The summed E-state index contributed by atoms with van der Waals surface area (Å²) in [6.45, 7) is 0.0256. The quantitative estimate of drug-likeness (QED) is 0.738. The molecule has 0 saturated carbocycles. The monoisotopic (exact) mass is 270 g/mol. The first kappa shape index (κ1) is 14.9. The van der Waals surface area contributed by atoms with E-state index in [1.54, 1.807) is 0 Å². The zero-order valence-corrected chi connectivity index (χ0v) is 10.3. The van der Waals surface area contributed by atoms with Crippen molar-refractivity contribution in [1.82, 2.24) is 5.32 Å². The maximum atomic E-state index is 12.7. The summed E-state index contributed by atoms with van der Waals surface area (Å²) >= 11 is 0. The second-order valence-electron chi connectivity index (χ2n) is 3.91. The minimum atomic E-state index is -1.50. The topological polar surface area (TPSA) is 89.9 Å². The number of carboxylic acid groups (broad SMARTS) is 1. The van der Waals surface area contributed by atoms with Crippen molar-refractivity contribution in [1.29, 1.82) is 0 Å². The van der Waals surface area contributed by atoms with Crippen LogP contribution in [0.25, 0.3) is 0 Å². The Kier molecular flexibility index (Phi) is 5.25. The van der Waals surface area contributed by atoms with Crippen molar-refractivity contribution in [3.63, 3.8) is 0 Å². The van der Waals surface area contributed by atoms with Crippen molar-refractivity contribution in [3.05, 3.63) is 30.1 Å². The Balaban J connectivity index is 2.45. The molecule has 0 saturated heterocycles. The molecule has 0 unspecified atom stereocenters. The van der Waals surface area contributed by atoms with E-state index < -0.39 is 23.9 Å². The smallest absolute Gasteiger partial charge is 0.332 e. The first-order chi connectivity index (χ1) is 8.91. The zero-order valence-electron chi connectivity index (χ0n) is 10.3. The largest absolute Gasteiger partial charge is 0.479 e. The number of aliphatic hydroxyl groups is 1. The van der Waals surface area contributed by atoms with Gasteiger partial charge in [0.05, 0.1) is 0 Å². The van der Waals surface area contributed by atoms with Gasteiger partial charge < -0.3 is 15.5 Å². The van der Waals surface area contributed by atoms with Gasteiger partial charge in [-0.15, -0.1) is 0 Å². The summed E-state index contributed by atoms with van der Waals surface area (Å²) in [4.78, 5) is 23.3. The molecule has 1 aromatic carbocycles. The Morgan fingerprint density at radius 3 is 2.47 bits per heavy atom. The Labute approximate surface area is 109 Å². The van der Waals surface area contributed by atoms with E-state index in [-0.39, 0.29) is 13.0 Å².